The van der Waals surface area contributed by atoms with Crippen molar-refractivity contribution in [2.75, 3.05) is 6.54 Å². The van der Waals surface area contributed by atoms with E-state index in [9.17, 15) is 5.11 Å². The SMILES string of the molecule is [O]C1C=CCN1. The number of rotatable bonds is 0. The molecule has 0 aromatic heterocycles. The van der Waals surface area contributed by atoms with E-state index in [2.05, 4.69) is 5.32 Å². The van der Waals surface area contributed by atoms with E-state index in [0.29, 0.717) is 0 Å². The van der Waals surface area contributed by atoms with E-state index >= 15 is 0 Å². The van der Waals surface area contributed by atoms with Crippen LogP contribution in [0.3, 0.4) is 0 Å². The monoisotopic (exact) mass is 84.0 g/mol. The molecule has 1 atom stereocenters. The molecule has 0 aliphatic carbocycles. The van der Waals surface area contributed by atoms with Crippen LogP contribution in [-0.4, -0.2) is 12.8 Å². The highest BCUT2D eigenvalue weighted by Gasteiger charge is 2.00. The molecule has 1 aliphatic rings. The summed E-state index contributed by atoms with van der Waals surface area (Å²) >= 11 is 0. The lowest BCUT2D eigenvalue weighted by atomic mass is 10.6. The highest BCUT2D eigenvalue weighted by molar-refractivity contribution is 4.95. The molecule has 1 radical (unpaired) electrons. The predicted molar refractivity (Wildman–Crippen MR) is 21.6 cm³/mol. The molecule has 1 rings (SSSR count). The van der Waals surface area contributed by atoms with Crippen LogP contribution in [-0.2, 0) is 5.11 Å². The standard InChI is InChI=1S/C4H6NO/c6-4-2-1-3-5-4/h1-2,4-5H,3H2. The Kier molecular flexibility index (Phi) is 0.900. The normalized spacial score (nSPS) is 31.8. The van der Waals surface area contributed by atoms with Gasteiger partial charge in [0, 0.05) is 6.54 Å². The van der Waals surface area contributed by atoms with E-state index in [1.54, 1.807) is 6.08 Å². The maximum Gasteiger partial charge on any atom is 0.162 e. The predicted octanol–water partition coefficient (Wildman–Crippen LogP) is -0.0976. The van der Waals surface area contributed by atoms with E-state index in [0.717, 1.165) is 6.54 Å². The fraction of sp³-hybridized carbons (Fsp3) is 0.500. The van der Waals surface area contributed by atoms with Crippen molar-refractivity contribution in [1.29, 1.82) is 0 Å². The summed E-state index contributed by atoms with van der Waals surface area (Å²) in [5.41, 5.74) is 0. The van der Waals surface area contributed by atoms with Gasteiger partial charge in [-0.05, 0) is 6.08 Å². The topological polar surface area (TPSA) is 31.9 Å². The zero-order chi connectivity index (χ0) is 4.41. The Labute approximate surface area is 36.5 Å². The molecule has 0 bridgehead atoms. The highest BCUT2D eigenvalue weighted by atomic mass is 16.3. The van der Waals surface area contributed by atoms with Crippen molar-refractivity contribution in [3.05, 3.63) is 12.2 Å². The summed E-state index contributed by atoms with van der Waals surface area (Å²) in [7, 11) is 0. The van der Waals surface area contributed by atoms with Gasteiger partial charge in [-0.15, -0.1) is 0 Å². The van der Waals surface area contributed by atoms with Crippen LogP contribution in [0.4, 0.5) is 0 Å². The van der Waals surface area contributed by atoms with Gasteiger partial charge in [0.05, 0.1) is 0 Å². The Morgan fingerprint density at radius 3 is 2.83 bits per heavy atom. The van der Waals surface area contributed by atoms with Gasteiger partial charge in [-0.1, -0.05) is 6.08 Å². The van der Waals surface area contributed by atoms with Crippen LogP contribution in [0.1, 0.15) is 0 Å². The van der Waals surface area contributed by atoms with Crippen molar-refractivity contribution in [2.45, 2.75) is 6.23 Å². The minimum absolute atomic E-state index is 0.634. The summed E-state index contributed by atoms with van der Waals surface area (Å²) < 4.78 is 0. The fourth-order valence-corrected chi connectivity index (χ4v) is 0.444. The van der Waals surface area contributed by atoms with Crippen LogP contribution in [0.25, 0.3) is 0 Å². The molecule has 0 amide bonds. The number of hydrogen-bond donors (Lipinski definition) is 1. The number of nitrogens with one attached hydrogen (secondary N) is 1. The molecule has 6 heavy (non-hydrogen) atoms. The van der Waals surface area contributed by atoms with Crippen LogP contribution in [0.15, 0.2) is 12.2 Å². The van der Waals surface area contributed by atoms with Crippen molar-refractivity contribution in [3.63, 3.8) is 0 Å². The first-order valence-electron chi connectivity index (χ1n) is 1.95. The van der Waals surface area contributed by atoms with Crippen LogP contribution < -0.4 is 5.32 Å². The largest absolute Gasteiger partial charge is 0.283 e. The second-order valence-electron chi connectivity index (χ2n) is 1.26. The zero-order valence-electron chi connectivity index (χ0n) is 3.35. The molecule has 0 aromatic carbocycles. The summed E-state index contributed by atoms with van der Waals surface area (Å²) in [6.07, 6.45) is 2.81. The quantitative estimate of drug-likeness (QED) is 0.408. The molecule has 0 fully saturated rings. The van der Waals surface area contributed by atoms with Crippen molar-refractivity contribution < 1.29 is 5.11 Å². The molecule has 2 heteroatoms. The molecule has 2 nitrogen and oxygen atoms in total. The average Bonchev–Trinajstić information content (AvgIpc) is 1.86. The van der Waals surface area contributed by atoms with Gasteiger partial charge in [0.2, 0.25) is 0 Å². The van der Waals surface area contributed by atoms with Crippen LogP contribution in [0, 0.1) is 0 Å². The van der Waals surface area contributed by atoms with Crippen LogP contribution >= 0.6 is 0 Å². The molecule has 0 spiro atoms. The fourth-order valence-electron chi connectivity index (χ4n) is 0.444. The van der Waals surface area contributed by atoms with E-state index in [4.69, 9.17) is 0 Å². The first kappa shape index (κ1) is 3.84. The third kappa shape index (κ3) is 0.584. The second-order valence-corrected chi connectivity index (χ2v) is 1.26. The molecule has 0 aromatic rings. The third-order valence-electron chi connectivity index (χ3n) is 0.748. The van der Waals surface area contributed by atoms with Crippen molar-refractivity contribution in [3.8, 4) is 0 Å². The molecular weight excluding hydrogens is 78.0 g/mol. The molecular formula is C4H6NO. The van der Waals surface area contributed by atoms with Gasteiger partial charge >= 0.3 is 0 Å². The van der Waals surface area contributed by atoms with Gasteiger partial charge < -0.3 is 0 Å². The molecule has 1 aliphatic heterocycles. The van der Waals surface area contributed by atoms with Crippen molar-refractivity contribution in [2.24, 2.45) is 0 Å². The Hall–Kier alpha value is -0.340. The first-order valence-corrected chi connectivity index (χ1v) is 1.95. The summed E-state index contributed by atoms with van der Waals surface area (Å²) in [5.74, 6) is 0. The Balaban J connectivity index is 2.38. The molecule has 1 N–H and O–H groups in total. The van der Waals surface area contributed by atoms with Crippen LogP contribution in [0.5, 0.6) is 0 Å². The maximum absolute atomic E-state index is 10.1. The molecule has 0 saturated heterocycles. The summed E-state index contributed by atoms with van der Waals surface area (Å²) in [6, 6.07) is 0. The Morgan fingerprint density at radius 1 is 1.83 bits per heavy atom. The van der Waals surface area contributed by atoms with Crippen molar-refractivity contribution in [1.82, 2.24) is 5.32 Å². The maximum atomic E-state index is 10.1. The minimum Gasteiger partial charge on any atom is -0.283 e. The van der Waals surface area contributed by atoms with E-state index in [-0.39, 0.29) is 0 Å². The molecule has 0 saturated carbocycles. The third-order valence-corrected chi connectivity index (χ3v) is 0.748. The van der Waals surface area contributed by atoms with Gasteiger partial charge in [0.25, 0.3) is 0 Å². The van der Waals surface area contributed by atoms with Crippen LogP contribution in [0.2, 0.25) is 0 Å². The lowest BCUT2D eigenvalue weighted by molar-refractivity contribution is 0.110. The summed E-state index contributed by atoms with van der Waals surface area (Å²) in [6.45, 7) is 0.744. The Bertz CT molecular complexity index is 69.9. The smallest absolute Gasteiger partial charge is 0.162 e. The number of hydrogen-bond acceptors (Lipinski definition) is 1. The van der Waals surface area contributed by atoms with E-state index < -0.39 is 6.23 Å². The molecule has 1 heterocycles. The minimum atomic E-state index is -0.634. The second kappa shape index (κ2) is 1.41. The summed E-state index contributed by atoms with van der Waals surface area (Å²) in [5, 5.41) is 12.8. The van der Waals surface area contributed by atoms with Gasteiger partial charge in [-0.25, -0.2) is 5.11 Å². The van der Waals surface area contributed by atoms with Gasteiger partial charge in [-0.2, -0.15) is 0 Å². The van der Waals surface area contributed by atoms with Gasteiger partial charge in [-0.3, -0.25) is 5.32 Å². The van der Waals surface area contributed by atoms with Gasteiger partial charge in [0.1, 0.15) is 0 Å². The Morgan fingerprint density at radius 2 is 2.67 bits per heavy atom. The van der Waals surface area contributed by atoms with E-state index in [1.165, 1.54) is 0 Å². The lowest BCUT2D eigenvalue weighted by Gasteiger charge is -1.90. The average molecular weight is 84.1 g/mol. The zero-order valence-corrected chi connectivity index (χ0v) is 3.35. The summed E-state index contributed by atoms with van der Waals surface area (Å²) in [4.78, 5) is 0. The first-order chi connectivity index (χ1) is 2.89. The molecule has 1 unspecified atom stereocenters. The van der Waals surface area contributed by atoms with Gasteiger partial charge in [0.15, 0.2) is 6.23 Å². The van der Waals surface area contributed by atoms with Crippen molar-refractivity contribution >= 4 is 0 Å². The van der Waals surface area contributed by atoms with E-state index in [1.807, 2.05) is 6.08 Å². The lowest BCUT2D eigenvalue weighted by Crippen LogP contribution is -2.18. The molecule has 33 valence electrons. The highest BCUT2D eigenvalue weighted by Crippen LogP contribution is 1.87.